The number of aliphatic hydroxyl groups is 2. The van der Waals surface area contributed by atoms with Gasteiger partial charge in [0.15, 0.2) is 0 Å². The Morgan fingerprint density at radius 2 is 2.10 bits per heavy atom. The van der Waals surface area contributed by atoms with Crippen LogP contribution in [0.5, 0.6) is 0 Å². The quantitative estimate of drug-likeness (QED) is 0.527. The summed E-state index contributed by atoms with van der Waals surface area (Å²) < 4.78 is 5.04. The zero-order valence-electron chi connectivity index (χ0n) is 6.42. The summed E-state index contributed by atoms with van der Waals surface area (Å²) in [6, 6.07) is 0. The Morgan fingerprint density at radius 1 is 1.40 bits per heavy atom. The first-order valence-electron chi connectivity index (χ1n) is 3.64. The molecule has 0 bridgehead atoms. The van der Waals surface area contributed by atoms with Crippen LogP contribution in [0.3, 0.4) is 0 Å². The van der Waals surface area contributed by atoms with Crippen molar-refractivity contribution in [2.45, 2.75) is 25.9 Å². The molecule has 1 atom stereocenters. The van der Waals surface area contributed by atoms with Crippen LogP contribution in [0.2, 0.25) is 0 Å². The Morgan fingerprint density at radius 3 is 2.60 bits per heavy atom. The summed E-state index contributed by atoms with van der Waals surface area (Å²) in [4.78, 5) is 0. The van der Waals surface area contributed by atoms with Gasteiger partial charge in [-0.1, -0.05) is 0 Å². The first kappa shape index (κ1) is 9.88. The number of unbranched alkanes of at least 4 members (excludes halogenated alkanes) is 1. The molecule has 0 aromatic rings. The van der Waals surface area contributed by atoms with Gasteiger partial charge in [-0.05, 0) is 19.8 Å². The van der Waals surface area contributed by atoms with E-state index in [0.717, 1.165) is 12.8 Å². The third kappa shape index (κ3) is 7.88. The molecule has 3 heteroatoms. The number of rotatable bonds is 6. The van der Waals surface area contributed by atoms with Crippen molar-refractivity contribution < 1.29 is 14.9 Å². The molecule has 0 aliphatic heterocycles. The van der Waals surface area contributed by atoms with Gasteiger partial charge in [0.2, 0.25) is 0 Å². The molecular weight excluding hydrogens is 132 g/mol. The maximum Gasteiger partial charge on any atom is 0.0745 e. The highest BCUT2D eigenvalue weighted by Gasteiger charge is 1.93. The van der Waals surface area contributed by atoms with Crippen molar-refractivity contribution in [1.82, 2.24) is 0 Å². The Labute approximate surface area is 61.6 Å². The van der Waals surface area contributed by atoms with Crippen LogP contribution in [0.4, 0.5) is 0 Å². The Bertz CT molecular complexity index is 63.9. The number of hydrogen-bond acceptors (Lipinski definition) is 3. The minimum absolute atomic E-state index is 0.220. The second-order valence-corrected chi connectivity index (χ2v) is 2.35. The third-order valence-corrected chi connectivity index (χ3v) is 1.06. The largest absolute Gasteiger partial charge is 0.396 e. The minimum Gasteiger partial charge on any atom is -0.396 e. The molecule has 3 nitrogen and oxygen atoms in total. The Balaban J connectivity index is 2.77. The van der Waals surface area contributed by atoms with E-state index in [-0.39, 0.29) is 12.7 Å². The summed E-state index contributed by atoms with van der Waals surface area (Å²) in [5, 5.41) is 17.1. The van der Waals surface area contributed by atoms with Gasteiger partial charge in [-0.25, -0.2) is 0 Å². The van der Waals surface area contributed by atoms with E-state index < -0.39 is 0 Å². The molecule has 1 unspecified atom stereocenters. The first-order chi connectivity index (χ1) is 4.77. The van der Waals surface area contributed by atoms with Crippen molar-refractivity contribution in [3.05, 3.63) is 0 Å². The zero-order chi connectivity index (χ0) is 7.82. The lowest BCUT2D eigenvalue weighted by molar-refractivity contribution is 0.0433. The highest BCUT2D eigenvalue weighted by molar-refractivity contribution is 4.42. The fraction of sp³-hybridized carbons (Fsp3) is 1.00. The average Bonchev–Trinajstić information content (AvgIpc) is 1.87. The molecule has 0 aromatic carbocycles. The summed E-state index contributed by atoms with van der Waals surface area (Å²) >= 11 is 0. The van der Waals surface area contributed by atoms with E-state index in [1.165, 1.54) is 0 Å². The predicted molar refractivity (Wildman–Crippen MR) is 38.8 cm³/mol. The van der Waals surface area contributed by atoms with Crippen LogP contribution in [0.1, 0.15) is 19.8 Å². The highest BCUT2D eigenvalue weighted by Crippen LogP contribution is 1.89. The highest BCUT2D eigenvalue weighted by atomic mass is 16.5. The summed E-state index contributed by atoms with van der Waals surface area (Å²) in [5.74, 6) is 0. The predicted octanol–water partition coefficient (Wildman–Crippen LogP) is 0.156. The van der Waals surface area contributed by atoms with E-state index in [0.29, 0.717) is 13.2 Å². The lowest BCUT2D eigenvalue weighted by Crippen LogP contribution is -2.10. The molecular formula is C7H16O3. The van der Waals surface area contributed by atoms with Gasteiger partial charge in [-0.15, -0.1) is 0 Å². The van der Waals surface area contributed by atoms with E-state index in [4.69, 9.17) is 14.9 Å². The van der Waals surface area contributed by atoms with Crippen molar-refractivity contribution >= 4 is 0 Å². The molecule has 0 saturated heterocycles. The average molecular weight is 148 g/mol. The van der Waals surface area contributed by atoms with Crippen LogP contribution in [0.25, 0.3) is 0 Å². The maximum absolute atomic E-state index is 8.73. The van der Waals surface area contributed by atoms with E-state index >= 15 is 0 Å². The fourth-order valence-electron chi connectivity index (χ4n) is 0.570. The zero-order valence-corrected chi connectivity index (χ0v) is 6.42. The molecule has 0 heterocycles. The third-order valence-electron chi connectivity index (χ3n) is 1.06. The molecule has 0 aliphatic rings. The van der Waals surface area contributed by atoms with E-state index in [2.05, 4.69) is 0 Å². The summed E-state index contributed by atoms with van der Waals surface area (Å²) in [5.41, 5.74) is 0. The second kappa shape index (κ2) is 6.99. The molecule has 0 aromatic heterocycles. The van der Waals surface area contributed by atoms with Crippen LogP contribution in [0, 0.1) is 0 Å². The first-order valence-corrected chi connectivity index (χ1v) is 3.64. The molecule has 0 radical (unpaired) electrons. The molecule has 0 fully saturated rings. The molecule has 0 rings (SSSR count). The van der Waals surface area contributed by atoms with Crippen LogP contribution in [-0.4, -0.2) is 36.1 Å². The smallest absolute Gasteiger partial charge is 0.0745 e. The molecule has 2 N–H and O–H groups in total. The van der Waals surface area contributed by atoms with Gasteiger partial charge in [-0.3, -0.25) is 0 Å². The molecule has 0 aliphatic carbocycles. The molecule has 0 saturated carbocycles. The van der Waals surface area contributed by atoms with E-state index in [9.17, 15) is 0 Å². The minimum atomic E-state index is -0.380. The molecule has 62 valence electrons. The van der Waals surface area contributed by atoms with Gasteiger partial charge >= 0.3 is 0 Å². The van der Waals surface area contributed by atoms with E-state index in [1.54, 1.807) is 6.92 Å². The topological polar surface area (TPSA) is 49.7 Å². The summed E-state index contributed by atoms with van der Waals surface area (Å²) in [7, 11) is 0. The second-order valence-electron chi connectivity index (χ2n) is 2.35. The van der Waals surface area contributed by atoms with Gasteiger partial charge in [0, 0.05) is 13.2 Å². The van der Waals surface area contributed by atoms with Gasteiger partial charge in [0.05, 0.1) is 12.7 Å². The van der Waals surface area contributed by atoms with Gasteiger partial charge in [0.25, 0.3) is 0 Å². The normalized spacial score (nSPS) is 13.5. The molecule has 10 heavy (non-hydrogen) atoms. The van der Waals surface area contributed by atoms with Crippen LogP contribution < -0.4 is 0 Å². The van der Waals surface area contributed by atoms with Crippen molar-refractivity contribution in [3.8, 4) is 0 Å². The maximum atomic E-state index is 8.73. The van der Waals surface area contributed by atoms with Crippen molar-refractivity contribution in [2.75, 3.05) is 19.8 Å². The van der Waals surface area contributed by atoms with Gasteiger partial charge in [-0.2, -0.15) is 0 Å². The lowest BCUT2D eigenvalue weighted by atomic mass is 10.3. The van der Waals surface area contributed by atoms with Crippen molar-refractivity contribution in [2.24, 2.45) is 0 Å². The fourth-order valence-corrected chi connectivity index (χ4v) is 0.570. The Hall–Kier alpha value is -0.120. The van der Waals surface area contributed by atoms with Gasteiger partial charge < -0.3 is 14.9 Å². The number of aliphatic hydroxyl groups excluding tert-OH is 2. The van der Waals surface area contributed by atoms with Crippen molar-refractivity contribution in [3.63, 3.8) is 0 Å². The number of ether oxygens (including phenoxy) is 1. The Kier molecular flexibility index (Phi) is 6.91. The van der Waals surface area contributed by atoms with Gasteiger partial charge in [0.1, 0.15) is 0 Å². The lowest BCUT2D eigenvalue weighted by Gasteiger charge is -2.04. The summed E-state index contributed by atoms with van der Waals surface area (Å²) in [6.45, 7) is 2.93. The van der Waals surface area contributed by atoms with Crippen molar-refractivity contribution in [1.29, 1.82) is 0 Å². The monoisotopic (exact) mass is 148 g/mol. The van der Waals surface area contributed by atoms with E-state index in [1.807, 2.05) is 0 Å². The SMILES string of the molecule is CC(O)COCCCCO. The summed E-state index contributed by atoms with van der Waals surface area (Å²) in [6.07, 6.45) is 1.26. The van der Waals surface area contributed by atoms with Crippen LogP contribution >= 0.6 is 0 Å². The van der Waals surface area contributed by atoms with Crippen LogP contribution in [-0.2, 0) is 4.74 Å². The standard InChI is InChI=1S/C7H16O3/c1-7(9)6-10-5-3-2-4-8/h7-9H,2-6H2,1H3. The molecule has 0 spiro atoms. The molecule has 0 amide bonds. The van der Waals surface area contributed by atoms with Crippen LogP contribution in [0.15, 0.2) is 0 Å². The number of hydrogen-bond donors (Lipinski definition) is 2.